The van der Waals surface area contributed by atoms with Crippen LogP contribution in [0.25, 0.3) is 11.0 Å². The van der Waals surface area contributed by atoms with Gasteiger partial charge in [0.25, 0.3) is 5.56 Å². The number of fused-ring (bicyclic) bond motifs is 1. The van der Waals surface area contributed by atoms with Crippen LogP contribution in [0.5, 0.6) is 0 Å². The number of carbonyl (C=O) groups is 1. The van der Waals surface area contributed by atoms with Crippen LogP contribution in [-0.4, -0.2) is 27.6 Å². The molecule has 0 amide bonds. The van der Waals surface area contributed by atoms with Gasteiger partial charge in [-0.05, 0) is 37.7 Å². The summed E-state index contributed by atoms with van der Waals surface area (Å²) in [4.78, 5) is 31.7. The van der Waals surface area contributed by atoms with Crippen LogP contribution < -0.4 is 5.56 Å². The molecule has 7 heteroatoms. The molecule has 0 saturated heterocycles. The third-order valence-electron chi connectivity index (χ3n) is 4.10. The summed E-state index contributed by atoms with van der Waals surface area (Å²) in [5.41, 5.74) is 1.70. The van der Waals surface area contributed by atoms with Crippen molar-refractivity contribution in [1.29, 1.82) is 0 Å². The Morgan fingerprint density at radius 3 is 2.64 bits per heavy atom. The fraction of sp³-hybridized carbons (Fsp3) is 0.222. The molecule has 0 aliphatic heterocycles. The van der Waals surface area contributed by atoms with Crippen molar-refractivity contribution in [3.05, 3.63) is 68.3 Å². The lowest BCUT2D eigenvalue weighted by molar-refractivity contribution is 0.0602. The van der Waals surface area contributed by atoms with E-state index in [2.05, 4.69) is 9.97 Å². The van der Waals surface area contributed by atoms with Crippen molar-refractivity contribution in [1.82, 2.24) is 14.5 Å². The minimum Gasteiger partial charge on any atom is -0.465 e. The second kappa shape index (κ2) is 6.60. The molecular weight excluding hydrogens is 338 g/mol. The molecule has 1 atom stereocenters. The summed E-state index contributed by atoms with van der Waals surface area (Å²) in [7, 11) is 1.28. The van der Waals surface area contributed by atoms with Gasteiger partial charge in [-0.25, -0.2) is 9.78 Å². The van der Waals surface area contributed by atoms with E-state index in [-0.39, 0.29) is 21.8 Å². The highest BCUT2D eigenvalue weighted by Gasteiger charge is 2.20. The van der Waals surface area contributed by atoms with Crippen molar-refractivity contribution in [2.45, 2.75) is 19.9 Å². The van der Waals surface area contributed by atoms with Gasteiger partial charge in [-0.1, -0.05) is 30.3 Å². The molecule has 2 aromatic heterocycles. The van der Waals surface area contributed by atoms with Crippen LogP contribution in [0.2, 0.25) is 0 Å². The first-order valence-corrected chi connectivity index (χ1v) is 8.14. The van der Waals surface area contributed by atoms with E-state index in [1.54, 1.807) is 17.6 Å². The van der Waals surface area contributed by atoms with Crippen LogP contribution in [0, 0.1) is 11.7 Å². The van der Waals surface area contributed by atoms with Crippen LogP contribution in [0.1, 0.15) is 34.6 Å². The Morgan fingerprint density at radius 1 is 1.32 bits per heavy atom. The van der Waals surface area contributed by atoms with E-state index in [9.17, 15) is 9.59 Å². The average Bonchev–Trinajstić information content (AvgIpc) is 2.60. The first-order chi connectivity index (χ1) is 11.9. The number of hydrogen-bond donors (Lipinski definition) is 1. The number of carbonyl (C=O) groups excluding carboxylic acids is 1. The number of rotatable bonds is 3. The topological polar surface area (TPSA) is 77.0 Å². The Labute approximate surface area is 149 Å². The van der Waals surface area contributed by atoms with E-state index in [1.165, 1.54) is 7.11 Å². The second-order valence-corrected chi connectivity index (χ2v) is 6.10. The fourth-order valence-electron chi connectivity index (χ4n) is 2.88. The lowest BCUT2D eigenvalue weighted by atomic mass is 10.1. The molecule has 3 aromatic rings. The number of esters is 1. The molecule has 0 bridgehead atoms. The number of aryl methyl sites for hydroxylation is 1. The van der Waals surface area contributed by atoms with Crippen molar-refractivity contribution in [2.24, 2.45) is 0 Å². The minimum atomic E-state index is -0.586. The lowest BCUT2D eigenvalue weighted by Gasteiger charge is -2.19. The normalized spacial score (nSPS) is 12.1. The molecule has 0 aliphatic rings. The van der Waals surface area contributed by atoms with Gasteiger partial charge in [0.1, 0.15) is 5.65 Å². The van der Waals surface area contributed by atoms with Crippen molar-refractivity contribution in [2.75, 3.05) is 7.11 Å². The number of benzene rings is 1. The SMILES string of the molecule is COC(=O)c1cc(C)nc2c1c(=O)[nH]c(=S)n2[C@@H](C)c1ccccc1. The number of nitrogens with one attached hydrogen (secondary N) is 1. The monoisotopic (exact) mass is 355 g/mol. The zero-order valence-electron chi connectivity index (χ0n) is 14.1. The fourth-order valence-corrected chi connectivity index (χ4v) is 3.22. The number of nitrogens with zero attached hydrogens (tertiary/aromatic N) is 2. The van der Waals surface area contributed by atoms with Crippen molar-refractivity contribution < 1.29 is 9.53 Å². The molecule has 1 aromatic carbocycles. The second-order valence-electron chi connectivity index (χ2n) is 5.72. The van der Waals surface area contributed by atoms with Gasteiger partial charge < -0.3 is 4.74 Å². The van der Waals surface area contributed by atoms with Gasteiger partial charge >= 0.3 is 5.97 Å². The van der Waals surface area contributed by atoms with Crippen LogP contribution in [0.15, 0.2) is 41.2 Å². The van der Waals surface area contributed by atoms with E-state index in [0.717, 1.165) is 5.56 Å². The number of aromatic nitrogens is 3. The molecule has 0 radical (unpaired) electrons. The molecular formula is C18H17N3O3S. The van der Waals surface area contributed by atoms with E-state index in [4.69, 9.17) is 17.0 Å². The molecule has 0 saturated carbocycles. The van der Waals surface area contributed by atoms with Crippen LogP contribution in [0.3, 0.4) is 0 Å². The standard InChI is InChI=1S/C18H17N3O3S/c1-10-9-13(17(23)24-3)14-15(19-10)21(18(25)20-16(14)22)11(2)12-7-5-4-6-8-12/h4-9,11H,1-3H3,(H,20,22,25)/t11-/m0/s1. The largest absolute Gasteiger partial charge is 0.465 e. The molecule has 3 rings (SSSR count). The number of pyridine rings is 1. The third kappa shape index (κ3) is 2.98. The number of H-pyrrole nitrogens is 1. The molecule has 1 N–H and O–H groups in total. The number of methoxy groups -OCH3 is 1. The highest BCUT2D eigenvalue weighted by Crippen LogP contribution is 2.23. The summed E-state index contributed by atoms with van der Waals surface area (Å²) in [6.07, 6.45) is 0. The summed E-state index contributed by atoms with van der Waals surface area (Å²) >= 11 is 5.38. The summed E-state index contributed by atoms with van der Waals surface area (Å²) in [6, 6.07) is 11.1. The van der Waals surface area contributed by atoms with Gasteiger partial charge in [0.05, 0.1) is 24.1 Å². The lowest BCUT2D eigenvalue weighted by Crippen LogP contribution is -2.21. The molecule has 6 nitrogen and oxygen atoms in total. The zero-order valence-corrected chi connectivity index (χ0v) is 14.9. The average molecular weight is 355 g/mol. The molecule has 2 heterocycles. The van der Waals surface area contributed by atoms with Gasteiger partial charge in [0.2, 0.25) is 0 Å². The summed E-state index contributed by atoms with van der Waals surface area (Å²) in [5, 5.41) is 0.175. The first kappa shape index (κ1) is 17.0. The Balaban J connectivity index is 2.41. The molecule has 0 spiro atoms. The van der Waals surface area contributed by atoms with Gasteiger partial charge in [0, 0.05) is 5.69 Å². The summed E-state index contributed by atoms with van der Waals surface area (Å²) in [5.74, 6) is -0.586. The Kier molecular flexibility index (Phi) is 4.50. The van der Waals surface area contributed by atoms with Gasteiger partial charge in [-0.15, -0.1) is 0 Å². The van der Waals surface area contributed by atoms with E-state index in [0.29, 0.717) is 11.3 Å². The Hall–Kier alpha value is -2.80. The predicted octanol–water partition coefficient (Wildman–Crippen LogP) is 3.16. The van der Waals surface area contributed by atoms with Crippen molar-refractivity contribution in [3.63, 3.8) is 0 Å². The van der Waals surface area contributed by atoms with E-state index >= 15 is 0 Å². The predicted molar refractivity (Wildman–Crippen MR) is 97.5 cm³/mol. The van der Waals surface area contributed by atoms with Gasteiger partial charge in [-0.3, -0.25) is 14.3 Å². The highest BCUT2D eigenvalue weighted by atomic mass is 32.1. The Bertz CT molecular complexity index is 1070. The van der Waals surface area contributed by atoms with E-state index in [1.807, 2.05) is 37.3 Å². The highest BCUT2D eigenvalue weighted by molar-refractivity contribution is 7.71. The van der Waals surface area contributed by atoms with Crippen LogP contribution in [0.4, 0.5) is 0 Å². The van der Waals surface area contributed by atoms with Crippen molar-refractivity contribution in [3.8, 4) is 0 Å². The number of aromatic amines is 1. The number of hydrogen-bond acceptors (Lipinski definition) is 5. The van der Waals surface area contributed by atoms with Crippen LogP contribution >= 0.6 is 12.2 Å². The first-order valence-electron chi connectivity index (χ1n) is 7.73. The summed E-state index contributed by atoms with van der Waals surface area (Å²) < 4.78 is 6.82. The van der Waals surface area contributed by atoms with E-state index < -0.39 is 11.5 Å². The summed E-state index contributed by atoms with van der Waals surface area (Å²) in [6.45, 7) is 3.72. The maximum absolute atomic E-state index is 12.5. The molecule has 128 valence electrons. The van der Waals surface area contributed by atoms with Crippen molar-refractivity contribution >= 4 is 29.2 Å². The van der Waals surface area contributed by atoms with Gasteiger partial charge in [-0.2, -0.15) is 0 Å². The van der Waals surface area contributed by atoms with Gasteiger partial charge in [0.15, 0.2) is 4.77 Å². The Morgan fingerprint density at radius 2 is 2.00 bits per heavy atom. The maximum Gasteiger partial charge on any atom is 0.338 e. The quantitative estimate of drug-likeness (QED) is 0.577. The molecule has 0 aliphatic carbocycles. The maximum atomic E-state index is 12.5. The molecule has 25 heavy (non-hydrogen) atoms. The van der Waals surface area contributed by atoms with Crippen LogP contribution in [-0.2, 0) is 4.74 Å². The number of ether oxygens (including phenoxy) is 1. The smallest absolute Gasteiger partial charge is 0.338 e. The molecule has 0 unspecified atom stereocenters. The zero-order chi connectivity index (χ0) is 18.1. The third-order valence-corrected chi connectivity index (χ3v) is 4.40. The molecule has 0 fully saturated rings. The minimum absolute atomic E-state index is 0.173.